The van der Waals surface area contributed by atoms with Gasteiger partial charge in [0.15, 0.2) is 0 Å². The van der Waals surface area contributed by atoms with Crippen molar-refractivity contribution in [2.24, 2.45) is 23.7 Å². The summed E-state index contributed by atoms with van der Waals surface area (Å²) < 4.78 is 20.2. The molecule has 3 heterocycles. The molecule has 1 aliphatic carbocycles. The standard InChI is InChI=1S/C33H46ClFN4O4/c1-5-15-38(16-6-2)17-8-18-39-29(31(41)37-25-10-7-9-20(3)21(25)4)33-14-13-26(43-33)27(28(33)32(39)42)30(40)36-22-11-12-24(35)23(34)19-22/h11-14,19-21,25-29H,5-10,15-18H2,1-4H3,(H,36,40)(H,37,41)/t20-,21+,25+,26+,27+,28+,29-,33-/m0/s1. The van der Waals surface area contributed by atoms with Crippen molar-refractivity contribution in [1.82, 2.24) is 15.1 Å². The molecule has 5 rings (SSSR count). The van der Waals surface area contributed by atoms with Gasteiger partial charge >= 0.3 is 0 Å². The first-order valence-corrected chi connectivity index (χ1v) is 16.4. The van der Waals surface area contributed by atoms with E-state index in [9.17, 15) is 18.8 Å². The molecule has 3 amide bonds. The summed E-state index contributed by atoms with van der Waals surface area (Å²) in [5.74, 6) is -2.27. The van der Waals surface area contributed by atoms with Gasteiger partial charge in [-0.15, -0.1) is 0 Å². The van der Waals surface area contributed by atoms with E-state index in [0.717, 1.165) is 51.7 Å². The van der Waals surface area contributed by atoms with Gasteiger partial charge in [-0.1, -0.05) is 64.3 Å². The third-order valence-corrected chi connectivity index (χ3v) is 10.4. The van der Waals surface area contributed by atoms with E-state index in [-0.39, 0.29) is 22.9 Å². The van der Waals surface area contributed by atoms with Crippen molar-refractivity contribution in [1.29, 1.82) is 0 Å². The van der Waals surface area contributed by atoms with Gasteiger partial charge in [-0.3, -0.25) is 14.4 Å². The molecule has 1 aromatic carbocycles. The molecule has 1 spiro atoms. The number of halogens is 2. The highest BCUT2D eigenvalue weighted by Crippen LogP contribution is 2.55. The lowest BCUT2D eigenvalue weighted by molar-refractivity contribution is -0.141. The highest BCUT2D eigenvalue weighted by atomic mass is 35.5. The molecule has 0 unspecified atom stereocenters. The van der Waals surface area contributed by atoms with E-state index in [1.807, 2.05) is 12.2 Å². The Kier molecular flexibility index (Phi) is 9.83. The van der Waals surface area contributed by atoms with Crippen LogP contribution < -0.4 is 10.6 Å². The third kappa shape index (κ3) is 6.09. The van der Waals surface area contributed by atoms with E-state index >= 15 is 0 Å². The van der Waals surface area contributed by atoms with Crippen molar-refractivity contribution in [3.05, 3.63) is 41.2 Å². The molecular weight excluding hydrogens is 571 g/mol. The number of nitrogens with zero attached hydrogens (tertiary/aromatic N) is 2. The molecule has 2 N–H and O–H groups in total. The van der Waals surface area contributed by atoms with Gasteiger partial charge in [0, 0.05) is 18.3 Å². The van der Waals surface area contributed by atoms with Crippen molar-refractivity contribution < 1.29 is 23.5 Å². The van der Waals surface area contributed by atoms with Crippen molar-refractivity contribution in [2.75, 3.05) is 31.5 Å². The molecule has 43 heavy (non-hydrogen) atoms. The summed E-state index contributed by atoms with van der Waals surface area (Å²) in [6.45, 7) is 11.9. The lowest BCUT2D eigenvalue weighted by Crippen LogP contribution is -2.58. The smallest absolute Gasteiger partial charge is 0.246 e. The number of fused-ring (bicyclic) bond motifs is 1. The second-order valence-electron chi connectivity index (χ2n) is 12.9. The zero-order chi connectivity index (χ0) is 30.9. The SMILES string of the molecule is CCCN(CCC)CCCN1C(=O)[C@H]2[C@H](C(=O)Nc3ccc(F)c(Cl)c3)[C@H]3C=C[C@@]2(O3)[C@@H]1C(=O)N[C@@H]1CCC[C@H](C)[C@H]1C. The summed E-state index contributed by atoms with van der Waals surface area (Å²) >= 11 is 5.94. The van der Waals surface area contributed by atoms with E-state index in [1.165, 1.54) is 18.2 Å². The molecule has 0 radical (unpaired) electrons. The number of hydrogen-bond donors (Lipinski definition) is 2. The summed E-state index contributed by atoms with van der Waals surface area (Å²) in [5.41, 5.74) is -0.884. The Morgan fingerprint density at radius 3 is 2.58 bits per heavy atom. The quantitative estimate of drug-likeness (QED) is 0.322. The van der Waals surface area contributed by atoms with Gasteiger partial charge in [-0.2, -0.15) is 0 Å². The number of rotatable bonds is 12. The first-order chi connectivity index (χ1) is 20.6. The van der Waals surface area contributed by atoms with E-state index in [0.29, 0.717) is 30.5 Å². The zero-order valence-corrected chi connectivity index (χ0v) is 26.5. The first-order valence-electron chi connectivity index (χ1n) is 16.1. The van der Waals surface area contributed by atoms with Crippen LogP contribution in [-0.2, 0) is 19.1 Å². The summed E-state index contributed by atoms with van der Waals surface area (Å²) in [5, 5.41) is 6.01. The van der Waals surface area contributed by atoms with Crippen LogP contribution in [0.5, 0.6) is 0 Å². The number of anilines is 1. The first kappa shape index (κ1) is 31.9. The van der Waals surface area contributed by atoms with E-state index in [1.54, 1.807) is 4.90 Å². The summed E-state index contributed by atoms with van der Waals surface area (Å²) in [4.78, 5) is 46.2. The van der Waals surface area contributed by atoms with Gasteiger partial charge in [-0.05, 0) is 75.4 Å². The number of ether oxygens (including phenoxy) is 1. The number of nitrogens with one attached hydrogen (secondary N) is 2. The fraction of sp³-hybridized carbons (Fsp3) is 0.667. The molecule has 0 aromatic heterocycles. The molecule has 236 valence electrons. The predicted octanol–water partition coefficient (Wildman–Crippen LogP) is 5.02. The van der Waals surface area contributed by atoms with Gasteiger partial charge < -0.3 is 25.2 Å². The Labute approximate surface area is 259 Å². The van der Waals surface area contributed by atoms with Crippen LogP contribution in [0.25, 0.3) is 0 Å². The van der Waals surface area contributed by atoms with Gasteiger partial charge in [0.05, 0.1) is 23.0 Å². The Hall–Kier alpha value is -2.49. The monoisotopic (exact) mass is 616 g/mol. The van der Waals surface area contributed by atoms with Crippen LogP contribution in [-0.4, -0.2) is 77.5 Å². The van der Waals surface area contributed by atoms with Crippen LogP contribution in [0.3, 0.4) is 0 Å². The maximum Gasteiger partial charge on any atom is 0.246 e. The summed E-state index contributed by atoms with van der Waals surface area (Å²) in [6.07, 6.45) is 8.93. The summed E-state index contributed by atoms with van der Waals surface area (Å²) in [6, 6.07) is 3.13. The minimum Gasteiger partial charge on any atom is -0.359 e. The molecule has 3 fully saturated rings. The maximum absolute atomic E-state index is 14.3. The molecular formula is C33H46ClFN4O4. The number of amides is 3. The van der Waals surface area contributed by atoms with Crippen LogP contribution >= 0.6 is 11.6 Å². The number of carbonyl (C=O) groups excluding carboxylic acids is 3. The maximum atomic E-state index is 14.3. The van der Waals surface area contributed by atoms with Gasteiger partial charge in [-0.25, -0.2) is 4.39 Å². The molecule has 4 aliphatic rings. The Balaban J connectivity index is 1.40. The van der Waals surface area contributed by atoms with Crippen LogP contribution in [0.2, 0.25) is 5.02 Å². The Morgan fingerprint density at radius 2 is 1.88 bits per heavy atom. The van der Waals surface area contributed by atoms with E-state index in [2.05, 4.69) is 43.2 Å². The third-order valence-electron chi connectivity index (χ3n) is 10.1. The van der Waals surface area contributed by atoms with Crippen LogP contribution in [0.1, 0.15) is 66.2 Å². The largest absolute Gasteiger partial charge is 0.359 e. The minimum absolute atomic E-state index is 0.0261. The lowest BCUT2D eigenvalue weighted by atomic mass is 9.73. The fourth-order valence-corrected chi connectivity index (χ4v) is 7.97. The van der Waals surface area contributed by atoms with Crippen molar-refractivity contribution >= 4 is 35.0 Å². The second-order valence-corrected chi connectivity index (χ2v) is 13.3. The average molecular weight is 617 g/mol. The number of carbonyl (C=O) groups is 3. The molecule has 2 saturated heterocycles. The zero-order valence-electron chi connectivity index (χ0n) is 25.8. The Bertz CT molecular complexity index is 1240. The van der Waals surface area contributed by atoms with Crippen molar-refractivity contribution in [2.45, 2.75) is 90.0 Å². The van der Waals surface area contributed by atoms with E-state index in [4.69, 9.17) is 16.3 Å². The molecule has 10 heteroatoms. The van der Waals surface area contributed by atoms with Crippen molar-refractivity contribution in [3.63, 3.8) is 0 Å². The number of likely N-dealkylation sites (tertiary alicyclic amines) is 1. The molecule has 1 saturated carbocycles. The molecule has 1 aromatic rings. The predicted molar refractivity (Wildman–Crippen MR) is 165 cm³/mol. The normalized spacial score (nSPS) is 32.9. The van der Waals surface area contributed by atoms with Gasteiger partial charge in [0.1, 0.15) is 17.5 Å². The van der Waals surface area contributed by atoms with Crippen LogP contribution in [0, 0.1) is 29.5 Å². The second kappa shape index (κ2) is 13.2. The van der Waals surface area contributed by atoms with Crippen LogP contribution in [0.4, 0.5) is 10.1 Å². The summed E-state index contributed by atoms with van der Waals surface area (Å²) in [7, 11) is 0. The number of benzene rings is 1. The Morgan fingerprint density at radius 1 is 1.14 bits per heavy atom. The topological polar surface area (TPSA) is 91.0 Å². The minimum atomic E-state index is -1.22. The van der Waals surface area contributed by atoms with Gasteiger partial charge in [0.2, 0.25) is 17.7 Å². The average Bonchev–Trinajstić information content (AvgIpc) is 3.61. The fourth-order valence-electron chi connectivity index (χ4n) is 7.79. The number of hydrogen-bond acceptors (Lipinski definition) is 5. The molecule has 3 aliphatic heterocycles. The van der Waals surface area contributed by atoms with Gasteiger partial charge in [0.25, 0.3) is 0 Å². The van der Waals surface area contributed by atoms with E-state index < -0.39 is 41.3 Å². The molecule has 8 nitrogen and oxygen atoms in total. The van der Waals surface area contributed by atoms with Crippen molar-refractivity contribution in [3.8, 4) is 0 Å². The van der Waals surface area contributed by atoms with Crippen LogP contribution in [0.15, 0.2) is 30.4 Å². The lowest BCUT2D eigenvalue weighted by Gasteiger charge is -2.38. The molecule has 2 bridgehead atoms. The highest BCUT2D eigenvalue weighted by molar-refractivity contribution is 6.31. The molecule has 8 atom stereocenters. The highest BCUT2D eigenvalue weighted by Gasteiger charge is 2.72.